The fourth-order valence-corrected chi connectivity index (χ4v) is 9.03. The second kappa shape index (κ2) is 40.4. The Morgan fingerprint density at radius 3 is 1.27 bits per heavy atom. The number of phosphoric ester groups is 1. The predicted octanol–water partition coefficient (Wildman–Crippen LogP) is 11.1. The quantitative estimate of drug-likeness (QED) is 0.0147. The van der Waals surface area contributed by atoms with E-state index >= 15 is 0 Å². The minimum absolute atomic E-state index is 0.0723. The highest BCUT2D eigenvalue weighted by Gasteiger charge is 2.51. The molecular weight excluding hydrogens is 812 g/mol. The van der Waals surface area contributed by atoms with Crippen LogP contribution in [-0.2, 0) is 27.9 Å². The number of aliphatic hydroxyl groups excluding tert-OH is 5. The van der Waals surface area contributed by atoms with Gasteiger partial charge in [-0.25, -0.2) is 4.57 Å². The van der Waals surface area contributed by atoms with Crippen molar-refractivity contribution in [2.45, 2.75) is 275 Å². The van der Waals surface area contributed by atoms with Crippen molar-refractivity contribution in [2.75, 3.05) is 19.8 Å². The predicted molar refractivity (Wildman–Crippen MR) is 249 cm³/mol. The van der Waals surface area contributed by atoms with Crippen LogP contribution >= 0.6 is 7.82 Å². The molecule has 8 atom stereocenters. The number of unbranched alkanes of at least 4 members (excludes halogenated alkanes) is 30. The van der Waals surface area contributed by atoms with Gasteiger partial charge in [-0.2, -0.15) is 0 Å². The van der Waals surface area contributed by atoms with Crippen LogP contribution in [0.3, 0.4) is 0 Å². The van der Waals surface area contributed by atoms with Gasteiger partial charge in [0.25, 0.3) is 0 Å². The number of phosphoric acid groups is 1. The third-order valence-electron chi connectivity index (χ3n) is 12.1. The molecule has 0 aromatic carbocycles. The van der Waals surface area contributed by atoms with Gasteiger partial charge in [0, 0.05) is 13.0 Å². The fraction of sp³-hybridized carbons (Fsp3) is 0.939. The highest BCUT2D eigenvalue weighted by molar-refractivity contribution is 7.47. The first-order chi connectivity index (χ1) is 30.0. The van der Waals surface area contributed by atoms with Crippen LogP contribution in [0, 0.1) is 0 Å². The first-order valence-corrected chi connectivity index (χ1v) is 27.0. The molecule has 0 amide bonds. The summed E-state index contributed by atoms with van der Waals surface area (Å²) in [6.45, 7) is 4.30. The number of ether oxygens (including phenoxy) is 2. The molecule has 0 aromatic rings. The Bertz CT molecular complexity index is 1080. The Balaban J connectivity index is 2.34. The molecule has 13 heteroatoms. The summed E-state index contributed by atoms with van der Waals surface area (Å²) in [6, 6.07) is 0. The molecule has 0 spiro atoms. The summed E-state index contributed by atoms with van der Waals surface area (Å²) >= 11 is 0. The zero-order valence-corrected chi connectivity index (χ0v) is 40.3. The second-order valence-electron chi connectivity index (χ2n) is 18.0. The van der Waals surface area contributed by atoms with Crippen molar-refractivity contribution in [3.05, 3.63) is 12.2 Å². The summed E-state index contributed by atoms with van der Waals surface area (Å²) in [5.74, 6) is -0.476. The van der Waals surface area contributed by atoms with E-state index in [1.54, 1.807) is 0 Å². The van der Waals surface area contributed by atoms with Crippen molar-refractivity contribution in [3.8, 4) is 0 Å². The first-order valence-electron chi connectivity index (χ1n) is 25.5. The van der Waals surface area contributed by atoms with Crippen LogP contribution in [0.2, 0.25) is 0 Å². The largest absolute Gasteiger partial charge is 0.472 e. The molecule has 0 radical (unpaired) electrons. The second-order valence-corrected chi connectivity index (χ2v) is 19.4. The maximum atomic E-state index is 12.8. The number of allylic oxidation sites excluding steroid dienone is 2. The number of hydrogen-bond acceptors (Lipinski definition) is 11. The highest BCUT2D eigenvalue weighted by Crippen LogP contribution is 2.47. The number of carbonyl (C=O) groups excluding carboxylic acids is 1. The summed E-state index contributed by atoms with van der Waals surface area (Å²) in [6.07, 6.45) is 32.7. The Labute approximate surface area is 377 Å². The standard InChI is InChI=1S/C49H95O12P/c1-3-5-7-9-11-13-15-17-19-21-22-23-24-26-28-30-32-34-36-38-43(50)60-42(41-59-62(56,57)61-49-47(54)45(52)44(51)46(53)48(49)55)40-58-39-37-35-33-31-29-27-25-20-18-16-14-12-10-8-6-4-2/h21-22,42,44-49,51-55H,3-20,23-41H2,1-2H3,(H,56,57)/b22-21-/t42-,44?,45-,46?,47?,48?,49?/m1/s1. The van der Waals surface area contributed by atoms with Crippen LogP contribution in [0.15, 0.2) is 12.2 Å². The first kappa shape index (κ1) is 59.1. The summed E-state index contributed by atoms with van der Waals surface area (Å²) in [4.78, 5) is 23.2. The van der Waals surface area contributed by atoms with Crippen LogP contribution in [0.4, 0.5) is 0 Å². The van der Waals surface area contributed by atoms with Gasteiger partial charge in [-0.15, -0.1) is 0 Å². The van der Waals surface area contributed by atoms with Crippen molar-refractivity contribution in [3.63, 3.8) is 0 Å². The van der Waals surface area contributed by atoms with Crippen molar-refractivity contribution in [1.82, 2.24) is 0 Å². The van der Waals surface area contributed by atoms with E-state index in [-0.39, 0.29) is 13.0 Å². The highest BCUT2D eigenvalue weighted by atomic mass is 31.2. The van der Waals surface area contributed by atoms with E-state index in [1.807, 2.05) is 0 Å². The van der Waals surface area contributed by atoms with Gasteiger partial charge >= 0.3 is 13.8 Å². The SMILES string of the molecule is CCCCCCCCCC/C=C\CCCCCCCCCC(=O)O[C@H](COCCCCCCCCCCCCCCCCCC)COP(=O)(O)OC1C(O)C(O)C(O)[C@@H](O)C1O. The Kier molecular flexibility index (Phi) is 38.5. The molecule has 12 nitrogen and oxygen atoms in total. The van der Waals surface area contributed by atoms with Gasteiger partial charge in [-0.05, 0) is 38.5 Å². The molecule has 1 rings (SSSR count). The van der Waals surface area contributed by atoms with Crippen molar-refractivity contribution in [1.29, 1.82) is 0 Å². The maximum Gasteiger partial charge on any atom is 0.472 e. The third-order valence-corrected chi connectivity index (χ3v) is 13.1. The van der Waals surface area contributed by atoms with Crippen LogP contribution in [0.25, 0.3) is 0 Å². The Morgan fingerprint density at radius 1 is 0.500 bits per heavy atom. The number of esters is 1. The van der Waals surface area contributed by atoms with E-state index in [4.69, 9.17) is 18.5 Å². The van der Waals surface area contributed by atoms with Gasteiger partial charge in [0.05, 0.1) is 13.2 Å². The summed E-state index contributed by atoms with van der Waals surface area (Å²) in [5.41, 5.74) is 0. The van der Waals surface area contributed by atoms with Crippen molar-refractivity contribution < 1.29 is 58.3 Å². The fourth-order valence-electron chi connectivity index (χ4n) is 8.06. The normalized spacial score (nSPS) is 22.0. The Hall–Kier alpha value is -0.920. The molecule has 0 aromatic heterocycles. The van der Waals surface area contributed by atoms with Crippen LogP contribution < -0.4 is 0 Å². The molecule has 1 fully saturated rings. The van der Waals surface area contributed by atoms with Gasteiger partial charge in [0.15, 0.2) is 0 Å². The minimum atomic E-state index is -5.02. The number of carbonyl (C=O) groups is 1. The zero-order valence-electron chi connectivity index (χ0n) is 39.4. The van der Waals surface area contributed by atoms with Crippen molar-refractivity contribution >= 4 is 13.8 Å². The molecule has 0 saturated heterocycles. The van der Waals surface area contributed by atoms with Gasteiger partial charge in [0.1, 0.15) is 42.7 Å². The molecular formula is C49H95O12P. The van der Waals surface area contributed by atoms with E-state index in [9.17, 15) is 39.8 Å². The summed E-state index contributed by atoms with van der Waals surface area (Å²) < 4.78 is 34.3. The van der Waals surface area contributed by atoms with E-state index in [0.29, 0.717) is 13.0 Å². The van der Waals surface area contributed by atoms with Crippen LogP contribution in [-0.4, -0.2) is 98.9 Å². The molecule has 368 valence electrons. The lowest BCUT2D eigenvalue weighted by molar-refractivity contribution is -0.220. The summed E-state index contributed by atoms with van der Waals surface area (Å²) in [7, 11) is -5.02. The molecule has 1 aliphatic carbocycles. The van der Waals surface area contributed by atoms with Crippen LogP contribution in [0.1, 0.15) is 232 Å². The van der Waals surface area contributed by atoms with Crippen molar-refractivity contribution in [2.24, 2.45) is 0 Å². The monoisotopic (exact) mass is 907 g/mol. The number of hydrogen-bond donors (Lipinski definition) is 6. The van der Waals surface area contributed by atoms with E-state index in [2.05, 4.69) is 26.0 Å². The average Bonchev–Trinajstić information content (AvgIpc) is 3.26. The lowest BCUT2D eigenvalue weighted by Crippen LogP contribution is -2.64. The molecule has 62 heavy (non-hydrogen) atoms. The van der Waals surface area contributed by atoms with Gasteiger partial charge in [0.2, 0.25) is 0 Å². The molecule has 0 aliphatic heterocycles. The summed E-state index contributed by atoms with van der Waals surface area (Å²) in [5, 5.41) is 50.3. The molecule has 6 unspecified atom stereocenters. The van der Waals surface area contributed by atoms with E-state index in [1.165, 1.54) is 161 Å². The Morgan fingerprint density at radius 2 is 0.855 bits per heavy atom. The van der Waals surface area contributed by atoms with Gasteiger partial charge < -0.3 is 39.9 Å². The lowest BCUT2D eigenvalue weighted by atomic mass is 9.85. The third kappa shape index (κ3) is 31.9. The topological polar surface area (TPSA) is 192 Å². The minimum Gasteiger partial charge on any atom is -0.457 e. The molecule has 0 bridgehead atoms. The lowest BCUT2D eigenvalue weighted by Gasteiger charge is -2.41. The number of aliphatic hydroxyl groups is 5. The average molecular weight is 907 g/mol. The van der Waals surface area contributed by atoms with Gasteiger partial charge in [-0.1, -0.05) is 199 Å². The smallest absolute Gasteiger partial charge is 0.457 e. The maximum absolute atomic E-state index is 12.8. The molecule has 1 aliphatic rings. The molecule has 0 heterocycles. The van der Waals surface area contributed by atoms with E-state index < -0.39 is 63.1 Å². The molecule has 1 saturated carbocycles. The van der Waals surface area contributed by atoms with E-state index in [0.717, 1.165) is 44.9 Å². The van der Waals surface area contributed by atoms with Gasteiger partial charge in [-0.3, -0.25) is 13.8 Å². The number of rotatable bonds is 44. The van der Waals surface area contributed by atoms with Crippen LogP contribution in [0.5, 0.6) is 0 Å². The zero-order chi connectivity index (χ0) is 45.5. The molecule has 6 N–H and O–H groups in total.